The quantitative estimate of drug-likeness (QED) is 0.700. The molecule has 0 aromatic heterocycles. The minimum Gasteiger partial charge on any atom is -0.335 e. The summed E-state index contributed by atoms with van der Waals surface area (Å²) in [4.78, 5) is 13.7. The van der Waals surface area contributed by atoms with Gasteiger partial charge in [0.15, 0.2) is 0 Å². The van der Waals surface area contributed by atoms with Crippen LogP contribution in [0.4, 0.5) is 13.2 Å². The summed E-state index contributed by atoms with van der Waals surface area (Å²) in [5, 5.41) is 0. The second-order valence-electron chi connectivity index (χ2n) is 4.66. The molecule has 1 heterocycles. The van der Waals surface area contributed by atoms with Gasteiger partial charge in [-0.2, -0.15) is 13.2 Å². The van der Waals surface area contributed by atoms with Crippen LogP contribution in [-0.4, -0.2) is 30.1 Å². The highest BCUT2D eigenvalue weighted by Gasteiger charge is 2.35. The summed E-state index contributed by atoms with van der Waals surface area (Å²) in [6, 6.07) is 5.29. The van der Waals surface area contributed by atoms with Crippen LogP contribution in [0.5, 0.6) is 0 Å². The molecule has 0 saturated carbocycles. The lowest BCUT2D eigenvalue weighted by Crippen LogP contribution is -2.37. The van der Waals surface area contributed by atoms with Gasteiger partial charge in [-0.25, -0.2) is 0 Å². The molecule has 0 bridgehead atoms. The molecule has 0 radical (unpaired) electrons. The molecule has 0 atom stereocenters. The highest BCUT2D eigenvalue weighted by atomic mass is 79.9. The Labute approximate surface area is 123 Å². The third kappa shape index (κ3) is 3.06. The molecule has 108 valence electrons. The van der Waals surface area contributed by atoms with Crippen molar-refractivity contribution in [3.05, 3.63) is 45.4 Å². The van der Waals surface area contributed by atoms with Crippen LogP contribution < -0.4 is 0 Å². The van der Waals surface area contributed by atoms with Gasteiger partial charge in [-0.1, -0.05) is 18.2 Å². The molecule has 1 aliphatic heterocycles. The Morgan fingerprint density at radius 3 is 2.60 bits per heavy atom. The summed E-state index contributed by atoms with van der Waals surface area (Å²) in [6.45, 7) is 1.94. The van der Waals surface area contributed by atoms with E-state index in [0.29, 0.717) is 10.0 Å². The number of halogens is 4. The molecular weight excluding hydrogens is 335 g/mol. The highest BCUT2D eigenvalue weighted by Crippen LogP contribution is 2.31. The van der Waals surface area contributed by atoms with E-state index >= 15 is 0 Å². The van der Waals surface area contributed by atoms with Crippen molar-refractivity contribution in [1.82, 2.24) is 4.90 Å². The molecule has 0 N–H and O–H groups in total. The van der Waals surface area contributed by atoms with Crippen molar-refractivity contribution in [2.45, 2.75) is 19.5 Å². The molecule has 0 unspecified atom stereocenters. The van der Waals surface area contributed by atoms with Gasteiger partial charge in [0.25, 0.3) is 5.91 Å². The molecule has 1 amide bonds. The fourth-order valence-electron chi connectivity index (χ4n) is 2.09. The van der Waals surface area contributed by atoms with Gasteiger partial charge in [0.1, 0.15) is 0 Å². The molecule has 2 rings (SSSR count). The van der Waals surface area contributed by atoms with E-state index in [9.17, 15) is 18.0 Å². The van der Waals surface area contributed by atoms with Crippen LogP contribution in [-0.2, 0) is 0 Å². The molecule has 0 aliphatic carbocycles. The van der Waals surface area contributed by atoms with E-state index in [1.54, 1.807) is 12.1 Å². The monoisotopic (exact) mass is 347 g/mol. The fraction of sp³-hybridized carbons (Fsp3) is 0.357. The standard InChI is InChI=1S/C14H13BrF3NO/c1-9-3-2-4-11(12(9)15)13(20)19-7-5-10(6-8-19)14(16,17)18/h2-5H,6-8H2,1H3. The highest BCUT2D eigenvalue weighted by molar-refractivity contribution is 9.10. The van der Waals surface area contributed by atoms with Crippen molar-refractivity contribution in [2.24, 2.45) is 0 Å². The van der Waals surface area contributed by atoms with E-state index in [1.165, 1.54) is 4.90 Å². The third-order valence-corrected chi connectivity index (χ3v) is 4.34. The summed E-state index contributed by atoms with van der Waals surface area (Å²) in [7, 11) is 0. The molecule has 0 saturated heterocycles. The number of rotatable bonds is 1. The molecule has 2 nitrogen and oxygen atoms in total. The molecule has 1 aromatic rings. The SMILES string of the molecule is Cc1cccc(C(=O)N2CC=C(C(F)(F)F)CC2)c1Br. The molecular formula is C14H13BrF3NO. The van der Waals surface area contributed by atoms with Crippen LogP contribution in [0.2, 0.25) is 0 Å². The summed E-state index contributed by atoms with van der Waals surface area (Å²) < 4.78 is 38.3. The van der Waals surface area contributed by atoms with Crippen molar-refractivity contribution < 1.29 is 18.0 Å². The summed E-state index contributed by atoms with van der Waals surface area (Å²) in [5.41, 5.74) is 0.845. The third-order valence-electron chi connectivity index (χ3n) is 3.28. The number of hydrogen-bond acceptors (Lipinski definition) is 1. The largest absolute Gasteiger partial charge is 0.412 e. The first-order chi connectivity index (χ1) is 9.30. The number of alkyl halides is 3. The van der Waals surface area contributed by atoms with Crippen molar-refractivity contribution >= 4 is 21.8 Å². The maximum Gasteiger partial charge on any atom is 0.412 e. The number of hydrogen-bond donors (Lipinski definition) is 0. The van der Waals surface area contributed by atoms with Crippen LogP contribution in [0.3, 0.4) is 0 Å². The maximum absolute atomic E-state index is 12.5. The molecule has 6 heteroatoms. The Morgan fingerprint density at radius 1 is 1.35 bits per heavy atom. The molecule has 1 aliphatic rings. The van der Waals surface area contributed by atoms with Gasteiger partial charge >= 0.3 is 6.18 Å². The average molecular weight is 348 g/mol. The van der Waals surface area contributed by atoms with E-state index in [2.05, 4.69) is 15.9 Å². The zero-order valence-electron chi connectivity index (χ0n) is 10.8. The Hall–Kier alpha value is -1.30. The molecule has 1 aromatic carbocycles. The summed E-state index contributed by atoms with van der Waals surface area (Å²) in [5.74, 6) is -0.252. The van der Waals surface area contributed by atoms with Crippen LogP contribution in [0.15, 0.2) is 34.3 Å². The lowest BCUT2D eigenvalue weighted by molar-refractivity contribution is -0.0957. The zero-order valence-corrected chi connectivity index (χ0v) is 12.4. The van der Waals surface area contributed by atoms with E-state index in [4.69, 9.17) is 0 Å². The topological polar surface area (TPSA) is 20.3 Å². The number of carbonyl (C=O) groups is 1. The van der Waals surface area contributed by atoms with Gasteiger partial charge in [0.05, 0.1) is 5.56 Å². The Kier molecular flexibility index (Phi) is 4.22. The molecule has 0 spiro atoms. The first kappa shape index (κ1) is 15.1. The van der Waals surface area contributed by atoms with Gasteiger partial charge in [-0.3, -0.25) is 4.79 Å². The van der Waals surface area contributed by atoms with Crippen molar-refractivity contribution in [3.8, 4) is 0 Å². The minimum atomic E-state index is -4.29. The van der Waals surface area contributed by atoms with Gasteiger partial charge in [-0.15, -0.1) is 0 Å². The molecule has 20 heavy (non-hydrogen) atoms. The van der Waals surface area contributed by atoms with E-state index in [0.717, 1.165) is 11.6 Å². The number of aryl methyl sites for hydroxylation is 1. The average Bonchev–Trinajstić information content (AvgIpc) is 2.40. The van der Waals surface area contributed by atoms with E-state index in [-0.39, 0.29) is 25.4 Å². The van der Waals surface area contributed by atoms with Crippen molar-refractivity contribution in [1.29, 1.82) is 0 Å². The molecule has 0 fully saturated rings. The normalized spacial score (nSPS) is 16.1. The smallest absolute Gasteiger partial charge is 0.335 e. The Morgan fingerprint density at radius 2 is 2.05 bits per heavy atom. The second-order valence-corrected chi connectivity index (χ2v) is 5.46. The van der Waals surface area contributed by atoms with Crippen molar-refractivity contribution in [3.63, 3.8) is 0 Å². The van der Waals surface area contributed by atoms with Gasteiger partial charge in [0.2, 0.25) is 0 Å². The second kappa shape index (κ2) is 5.60. The lowest BCUT2D eigenvalue weighted by Gasteiger charge is -2.27. The fourth-order valence-corrected chi connectivity index (χ4v) is 2.53. The number of carbonyl (C=O) groups excluding carboxylic acids is 1. The van der Waals surface area contributed by atoms with Crippen LogP contribution in [0.25, 0.3) is 0 Å². The number of nitrogens with zero attached hydrogens (tertiary/aromatic N) is 1. The zero-order chi connectivity index (χ0) is 14.9. The van der Waals surface area contributed by atoms with Gasteiger partial charge in [0, 0.05) is 23.1 Å². The van der Waals surface area contributed by atoms with Gasteiger partial charge in [-0.05, 0) is 40.9 Å². The van der Waals surface area contributed by atoms with E-state index < -0.39 is 11.7 Å². The van der Waals surface area contributed by atoms with E-state index in [1.807, 2.05) is 13.0 Å². The number of benzene rings is 1. The first-order valence-corrected chi connectivity index (χ1v) is 6.90. The Bertz CT molecular complexity index is 566. The predicted octanol–water partition coefficient (Wildman–Crippen LogP) is 4.09. The van der Waals surface area contributed by atoms with Crippen LogP contribution >= 0.6 is 15.9 Å². The first-order valence-electron chi connectivity index (χ1n) is 6.11. The predicted molar refractivity (Wildman–Crippen MR) is 73.5 cm³/mol. The minimum absolute atomic E-state index is 0.00589. The lowest BCUT2D eigenvalue weighted by atomic mass is 10.1. The summed E-state index contributed by atoms with van der Waals surface area (Å²) >= 11 is 3.35. The van der Waals surface area contributed by atoms with Crippen molar-refractivity contribution in [2.75, 3.05) is 13.1 Å². The summed E-state index contributed by atoms with van der Waals surface area (Å²) in [6.07, 6.45) is -3.36. The van der Waals surface area contributed by atoms with Crippen LogP contribution in [0.1, 0.15) is 22.3 Å². The number of amides is 1. The Balaban J connectivity index is 2.17. The maximum atomic E-state index is 12.5. The van der Waals surface area contributed by atoms with Crippen LogP contribution in [0, 0.1) is 6.92 Å². The van der Waals surface area contributed by atoms with Gasteiger partial charge < -0.3 is 4.90 Å².